The minimum Gasteiger partial charge on any atom is -0.478 e. The van der Waals surface area contributed by atoms with Crippen LogP contribution in [0.1, 0.15) is 83.2 Å². The van der Waals surface area contributed by atoms with Gasteiger partial charge < -0.3 is 20.1 Å². The molecule has 41 heavy (non-hydrogen) atoms. The number of aliphatic hydroxyl groups excluding tert-OH is 3. The Labute approximate surface area is 245 Å². The van der Waals surface area contributed by atoms with Crippen molar-refractivity contribution in [3.8, 4) is 0 Å². The average Bonchev–Trinajstić information content (AvgIpc) is 3.47. The van der Waals surface area contributed by atoms with Crippen molar-refractivity contribution in [3.63, 3.8) is 0 Å². The van der Waals surface area contributed by atoms with E-state index in [2.05, 4.69) is 50.8 Å². The van der Waals surface area contributed by atoms with Gasteiger partial charge >= 0.3 is 0 Å². The summed E-state index contributed by atoms with van der Waals surface area (Å²) in [4.78, 5) is 4.91. The molecule has 0 bridgehead atoms. The van der Waals surface area contributed by atoms with Crippen molar-refractivity contribution >= 4 is 5.90 Å². The summed E-state index contributed by atoms with van der Waals surface area (Å²) in [5.41, 5.74) is 4.28. The molecule has 6 rings (SSSR count). The lowest BCUT2D eigenvalue weighted by Crippen LogP contribution is -2.35. The molecule has 0 saturated heterocycles. The number of rotatable bonds is 7. The third-order valence-electron chi connectivity index (χ3n) is 11.1. The lowest BCUT2D eigenvalue weighted by Gasteiger charge is -2.44. The minimum absolute atomic E-state index is 0.0182. The van der Waals surface area contributed by atoms with E-state index in [1.54, 1.807) is 0 Å². The second kappa shape index (κ2) is 11.3. The number of benzene rings is 1. The number of allylic oxidation sites excluding steroid dienone is 4. The van der Waals surface area contributed by atoms with Crippen molar-refractivity contribution in [1.82, 2.24) is 0 Å². The smallest absolute Gasteiger partial charge is 0.193 e. The predicted octanol–water partition coefficient (Wildman–Crippen LogP) is 6.63. The molecule has 5 nitrogen and oxygen atoms in total. The molecule has 1 aromatic rings. The highest BCUT2D eigenvalue weighted by molar-refractivity contribution is 5.87. The maximum Gasteiger partial charge on any atom is 0.193 e. The van der Waals surface area contributed by atoms with Crippen LogP contribution in [0.25, 0.3) is 0 Å². The Balaban J connectivity index is 1.13. The molecule has 1 aromatic carbocycles. The van der Waals surface area contributed by atoms with Crippen LogP contribution < -0.4 is 0 Å². The number of aliphatic imine (C=N–C) groups is 1. The standard InChI is InChI=1S/C36H47NO4/c1-23(11-16-33(40)36(18-19-36)34-37-31(22-41-34)26-8-5-4-6-9-26)29-14-15-30-25(10-7-17-35(29,30)3)12-13-27-20-28(38)21-32(39)24(27)2/h4-6,8-9,11-13,16,23,28-33,38-40H,2,7,10,14-15,17-22H2,1,3H3/b16-11+,25-12+,27-13-/t23-,28-,29-,30+,31+,32+,33+,35-/m1/s1. The van der Waals surface area contributed by atoms with Crippen LogP contribution in [0.5, 0.6) is 0 Å². The van der Waals surface area contributed by atoms with Crippen LogP contribution in [0.15, 0.2) is 82.9 Å². The first kappa shape index (κ1) is 28.6. The summed E-state index contributed by atoms with van der Waals surface area (Å²) in [6, 6.07) is 10.3. The molecule has 4 saturated carbocycles. The molecule has 5 aliphatic rings. The summed E-state index contributed by atoms with van der Waals surface area (Å²) in [6.07, 6.45) is 15.7. The fraction of sp³-hybridized carbons (Fsp3) is 0.583. The predicted molar refractivity (Wildman–Crippen MR) is 163 cm³/mol. The summed E-state index contributed by atoms with van der Waals surface area (Å²) in [5.74, 6) is 2.23. The fourth-order valence-corrected chi connectivity index (χ4v) is 8.47. The van der Waals surface area contributed by atoms with E-state index in [-0.39, 0.29) is 16.9 Å². The second-order valence-corrected chi connectivity index (χ2v) is 13.7. The van der Waals surface area contributed by atoms with Gasteiger partial charge in [-0.05, 0) is 91.2 Å². The molecule has 0 spiro atoms. The first-order valence-electron chi connectivity index (χ1n) is 15.8. The summed E-state index contributed by atoms with van der Waals surface area (Å²) >= 11 is 0. The molecule has 1 aliphatic heterocycles. The largest absolute Gasteiger partial charge is 0.478 e. The molecule has 0 amide bonds. The normalized spacial score (nSPS) is 38.1. The van der Waals surface area contributed by atoms with E-state index in [0.29, 0.717) is 37.2 Å². The molecule has 0 aromatic heterocycles. The van der Waals surface area contributed by atoms with Gasteiger partial charge in [0.1, 0.15) is 12.6 Å². The van der Waals surface area contributed by atoms with E-state index in [1.807, 2.05) is 24.3 Å². The van der Waals surface area contributed by atoms with Gasteiger partial charge in [0, 0.05) is 6.42 Å². The zero-order chi connectivity index (χ0) is 28.8. The number of aliphatic hydroxyl groups is 3. The highest BCUT2D eigenvalue weighted by atomic mass is 16.5. The summed E-state index contributed by atoms with van der Waals surface area (Å²) in [6.45, 7) is 9.45. The van der Waals surface area contributed by atoms with Gasteiger partial charge in [-0.15, -0.1) is 0 Å². The maximum atomic E-state index is 11.3. The Kier molecular flexibility index (Phi) is 7.90. The van der Waals surface area contributed by atoms with Crippen LogP contribution in [-0.2, 0) is 4.74 Å². The van der Waals surface area contributed by atoms with Crippen molar-refractivity contribution in [2.75, 3.05) is 6.61 Å². The Bertz CT molecular complexity index is 1260. The van der Waals surface area contributed by atoms with Gasteiger partial charge in [0.25, 0.3) is 0 Å². The van der Waals surface area contributed by atoms with E-state index in [9.17, 15) is 15.3 Å². The van der Waals surface area contributed by atoms with Crippen LogP contribution >= 0.6 is 0 Å². The van der Waals surface area contributed by atoms with Crippen LogP contribution in [0, 0.1) is 28.6 Å². The Morgan fingerprint density at radius 2 is 1.85 bits per heavy atom. The van der Waals surface area contributed by atoms with Crippen molar-refractivity contribution in [2.45, 2.75) is 96.0 Å². The van der Waals surface area contributed by atoms with Crippen molar-refractivity contribution in [2.24, 2.45) is 33.6 Å². The topological polar surface area (TPSA) is 82.3 Å². The number of fused-ring (bicyclic) bond motifs is 1. The van der Waals surface area contributed by atoms with Gasteiger partial charge in [0.15, 0.2) is 5.90 Å². The lowest BCUT2D eigenvalue weighted by molar-refractivity contribution is 0.0862. The lowest BCUT2D eigenvalue weighted by atomic mass is 9.61. The zero-order valence-electron chi connectivity index (χ0n) is 24.7. The summed E-state index contributed by atoms with van der Waals surface area (Å²) in [7, 11) is 0. The molecule has 4 aliphatic carbocycles. The molecule has 0 unspecified atom stereocenters. The summed E-state index contributed by atoms with van der Waals surface area (Å²) < 4.78 is 6.07. The van der Waals surface area contributed by atoms with E-state index in [0.717, 1.165) is 41.9 Å². The van der Waals surface area contributed by atoms with Crippen LogP contribution in [-0.4, -0.2) is 46.1 Å². The minimum atomic E-state index is -0.647. The van der Waals surface area contributed by atoms with Crippen LogP contribution in [0.3, 0.4) is 0 Å². The van der Waals surface area contributed by atoms with E-state index < -0.39 is 18.3 Å². The Hall–Kier alpha value is -2.47. The molecule has 5 heteroatoms. The fourth-order valence-electron chi connectivity index (χ4n) is 8.47. The monoisotopic (exact) mass is 557 g/mol. The Morgan fingerprint density at radius 3 is 2.61 bits per heavy atom. The van der Waals surface area contributed by atoms with Crippen molar-refractivity contribution in [1.29, 1.82) is 0 Å². The third kappa shape index (κ3) is 5.42. The van der Waals surface area contributed by atoms with Gasteiger partial charge in [0.2, 0.25) is 0 Å². The van der Waals surface area contributed by atoms with Gasteiger partial charge in [0.05, 0.1) is 23.7 Å². The molecule has 0 radical (unpaired) electrons. The van der Waals surface area contributed by atoms with Gasteiger partial charge in [-0.25, -0.2) is 4.99 Å². The zero-order valence-corrected chi connectivity index (χ0v) is 24.7. The first-order valence-corrected chi connectivity index (χ1v) is 15.8. The molecule has 1 heterocycles. The maximum absolute atomic E-state index is 11.3. The van der Waals surface area contributed by atoms with E-state index in [1.165, 1.54) is 31.3 Å². The first-order chi connectivity index (χ1) is 19.7. The number of nitrogens with zero attached hydrogens (tertiary/aromatic N) is 1. The Morgan fingerprint density at radius 1 is 1.07 bits per heavy atom. The molecule has 4 fully saturated rings. The van der Waals surface area contributed by atoms with Gasteiger partial charge in [-0.2, -0.15) is 0 Å². The van der Waals surface area contributed by atoms with E-state index >= 15 is 0 Å². The van der Waals surface area contributed by atoms with Crippen molar-refractivity contribution in [3.05, 3.63) is 83.5 Å². The molecule has 220 valence electrons. The highest BCUT2D eigenvalue weighted by Crippen LogP contribution is 2.60. The molecular weight excluding hydrogens is 510 g/mol. The third-order valence-corrected chi connectivity index (χ3v) is 11.1. The van der Waals surface area contributed by atoms with Crippen LogP contribution in [0.2, 0.25) is 0 Å². The van der Waals surface area contributed by atoms with Crippen LogP contribution in [0.4, 0.5) is 0 Å². The number of ether oxygens (including phenoxy) is 1. The van der Waals surface area contributed by atoms with Gasteiger partial charge in [-0.1, -0.05) is 80.6 Å². The second-order valence-electron chi connectivity index (χ2n) is 13.7. The molecule has 3 N–H and O–H groups in total. The average molecular weight is 558 g/mol. The molecular formula is C36H47NO4. The summed E-state index contributed by atoms with van der Waals surface area (Å²) in [5, 5.41) is 31.7. The van der Waals surface area contributed by atoms with Crippen molar-refractivity contribution < 1.29 is 20.1 Å². The highest BCUT2D eigenvalue weighted by Gasteiger charge is 2.56. The molecule has 8 atom stereocenters. The number of hydrogen-bond donors (Lipinski definition) is 3. The SMILES string of the molecule is C=C1/C(=C\C=C2/CCC[C@]3(C)[C@@H]([C@H](C)/C=C/[C@H](O)C4(C5=N[C@H](c6ccccc6)CO5)CC4)CC[C@@H]23)C[C@@H](O)C[C@@H]1O. The van der Waals surface area contributed by atoms with Gasteiger partial charge in [-0.3, -0.25) is 0 Å². The number of hydrogen-bond acceptors (Lipinski definition) is 5. The van der Waals surface area contributed by atoms with E-state index in [4.69, 9.17) is 9.73 Å². The quantitative estimate of drug-likeness (QED) is 0.329.